The SMILES string of the molecule is CCC1CCCN1Cn1cnc2c([nH]c3ccc(Cl)cc32)c1=O. The highest BCUT2D eigenvalue weighted by Gasteiger charge is 2.23. The second-order valence-electron chi connectivity index (χ2n) is 6.22. The van der Waals surface area contributed by atoms with Crippen LogP contribution < -0.4 is 5.56 Å². The van der Waals surface area contributed by atoms with Crippen LogP contribution in [0.4, 0.5) is 0 Å². The molecule has 1 aliphatic rings. The van der Waals surface area contributed by atoms with Crippen LogP contribution in [0.15, 0.2) is 29.3 Å². The van der Waals surface area contributed by atoms with E-state index in [1.165, 1.54) is 12.8 Å². The second kappa shape index (κ2) is 5.65. The summed E-state index contributed by atoms with van der Waals surface area (Å²) in [4.78, 5) is 22.9. The molecule has 4 rings (SSSR count). The lowest BCUT2D eigenvalue weighted by atomic mass is 10.2. The third-order valence-corrected chi connectivity index (χ3v) is 5.07. The number of fused-ring (bicyclic) bond motifs is 3. The van der Waals surface area contributed by atoms with E-state index in [-0.39, 0.29) is 5.56 Å². The summed E-state index contributed by atoms with van der Waals surface area (Å²) in [5.74, 6) is 0. The van der Waals surface area contributed by atoms with Gasteiger partial charge in [-0.25, -0.2) is 4.98 Å². The highest BCUT2D eigenvalue weighted by Crippen LogP contribution is 2.25. The maximum Gasteiger partial charge on any atom is 0.278 e. The molecule has 23 heavy (non-hydrogen) atoms. The largest absolute Gasteiger partial charge is 0.349 e. The van der Waals surface area contributed by atoms with E-state index in [0.717, 1.165) is 23.9 Å². The van der Waals surface area contributed by atoms with Crippen molar-refractivity contribution in [2.45, 2.75) is 38.9 Å². The highest BCUT2D eigenvalue weighted by molar-refractivity contribution is 6.31. The standard InChI is InChI=1S/C17H19ClN4O/c1-2-12-4-3-7-21(12)10-22-9-19-15-13-8-11(18)5-6-14(13)20-16(15)17(22)23/h5-6,8-9,12,20H,2-4,7,10H2,1H3. The molecule has 6 heteroatoms. The van der Waals surface area contributed by atoms with Crippen LogP contribution in [0.1, 0.15) is 26.2 Å². The first kappa shape index (κ1) is 14.7. The Morgan fingerprint density at radius 3 is 3.13 bits per heavy atom. The Hall–Kier alpha value is -1.85. The molecule has 3 aromatic rings. The fourth-order valence-corrected chi connectivity index (χ4v) is 3.77. The van der Waals surface area contributed by atoms with E-state index in [1.807, 2.05) is 18.2 Å². The minimum atomic E-state index is -0.0240. The van der Waals surface area contributed by atoms with Gasteiger partial charge in [-0.15, -0.1) is 0 Å². The first-order valence-electron chi connectivity index (χ1n) is 8.08. The average Bonchev–Trinajstić information content (AvgIpc) is 3.14. The maximum atomic E-state index is 12.8. The van der Waals surface area contributed by atoms with Crippen molar-refractivity contribution in [1.82, 2.24) is 19.4 Å². The molecule has 1 N–H and O–H groups in total. The Morgan fingerprint density at radius 2 is 2.30 bits per heavy atom. The van der Waals surface area contributed by atoms with Gasteiger partial charge in [-0.2, -0.15) is 0 Å². The summed E-state index contributed by atoms with van der Waals surface area (Å²) in [6, 6.07) is 6.11. The molecule has 0 spiro atoms. The molecule has 1 saturated heterocycles. The van der Waals surface area contributed by atoms with E-state index < -0.39 is 0 Å². The van der Waals surface area contributed by atoms with Crippen LogP contribution >= 0.6 is 11.6 Å². The molecule has 120 valence electrons. The van der Waals surface area contributed by atoms with Gasteiger partial charge in [0.25, 0.3) is 5.56 Å². The van der Waals surface area contributed by atoms with Crippen molar-refractivity contribution in [3.8, 4) is 0 Å². The van der Waals surface area contributed by atoms with Crippen LogP contribution in [-0.2, 0) is 6.67 Å². The van der Waals surface area contributed by atoms with Crippen molar-refractivity contribution in [2.24, 2.45) is 0 Å². The van der Waals surface area contributed by atoms with Gasteiger partial charge in [-0.1, -0.05) is 18.5 Å². The lowest BCUT2D eigenvalue weighted by Gasteiger charge is -2.23. The molecule has 1 aliphatic heterocycles. The van der Waals surface area contributed by atoms with E-state index in [0.29, 0.717) is 28.8 Å². The Bertz CT molecular complexity index is 929. The number of hydrogen-bond acceptors (Lipinski definition) is 3. The Kier molecular flexibility index (Phi) is 3.62. The first-order valence-corrected chi connectivity index (χ1v) is 8.45. The Morgan fingerprint density at radius 1 is 1.43 bits per heavy atom. The van der Waals surface area contributed by atoms with Gasteiger partial charge < -0.3 is 4.98 Å². The number of nitrogens with one attached hydrogen (secondary N) is 1. The molecule has 1 aromatic carbocycles. The lowest BCUT2D eigenvalue weighted by molar-refractivity contribution is 0.193. The number of aromatic amines is 1. The minimum Gasteiger partial charge on any atom is -0.349 e. The summed E-state index contributed by atoms with van der Waals surface area (Å²) in [6.07, 6.45) is 5.19. The monoisotopic (exact) mass is 330 g/mol. The molecular weight excluding hydrogens is 312 g/mol. The van der Waals surface area contributed by atoms with Gasteiger partial charge in [-0.05, 0) is 37.5 Å². The van der Waals surface area contributed by atoms with Gasteiger partial charge in [0.15, 0.2) is 0 Å². The number of benzene rings is 1. The fourth-order valence-electron chi connectivity index (χ4n) is 3.60. The molecule has 2 aromatic heterocycles. The summed E-state index contributed by atoms with van der Waals surface area (Å²) >= 11 is 6.06. The number of rotatable bonds is 3. The van der Waals surface area contributed by atoms with Gasteiger partial charge in [0.05, 0.1) is 13.0 Å². The van der Waals surface area contributed by atoms with Crippen molar-refractivity contribution in [3.63, 3.8) is 0 Å². The summed E-state index contributed by atoms with van der Waals surface area (Å²) < 4.78 is 1.70. The van der Waals surface area contributed by atoms with E-state index in [1.54, 1.807) is 10.9 Å². The van der Waals surface area contributed by atoms with Crippen molar-refractivity contribution >= 4 is 33.5 Å². The molecule has 0 amide bonds. The molecule has 5 nitrogen and oxygen atoms in total. The van der Waals surface area contributed by atoms with Crippen LogP contribution in [0.3, 0.4) is 0 Å². The zero-order chi connectivity index (χ0) is 16.0. The van der Waals surface area contributed by atoms with Crippen LogP contribution in [0.25, 0.3) is 21.9 Å². The molecule has 0 bridgehead atoms. The van der Waals surface area contributed by atoms with Crippen molar-refractivity contribution in [3.05, 3.63) is 39.9 Å². The Labute approximate surface area is 138 Å². The van der Waals surface area contributed by atoms with E-state index in [9.17, 15) is 4.79 Å². The van der Waals surface area contributed by atoms with Gasteiger partial charge in [0.2, 0.25) is 0 Å². The lowest BCUT2D eigenvalue weighted by Crippen LogP contribution is -2.35. The normalized spacial score (nSPS) is 19.1. The van der Waals surface area contributed by atoms with Crippen LogP contribution in [0, 0.1) is 0 Å². The molecule has 1 unspecified atom stereocenters. The smallest absolute Gasteiger partial charge is 0.278 e. The van der Waals surface area contributed by atoms with Crippen molar-refractivity contribution < 1.29 is 0 Å². The first-order chi connectivity index (χ1) is 11.2. The summed E-state index contributed by atoms with van der Waals surface area (Å²) in [5, 5.41) is 1.54. The predicted octanol–water partition coefficient (Wildman–Crippen LogP) is 3.36. The molecule has 0 aliphatic carbocycles. The summed E-state index contributed by atoms with van der Waals surface area (Å²) in [7, 11) is 0. The van der Waals surface area contributed by atoms with Crippen molar-refractivity contribution in [1.29, 1.82) is 0 Å². The molecule has 1 atom stereocenters. The maximum absolute atomic E-state index is 12.8. The van der Waals surface area contributed by atoms with E-state index >= 15 is 0 Å². The number of likely N-dealkylation sites (tertiary alicyclic amines) is 1. The van der Waals surface area contributed by atoms with Gasteiger partial charge in [-0.3, -0.25) is 14.3 Å². The van der Waals surface area contributed by atoms with Crippen LogP contribution in [0.5, 0.6) is 0 Å². The van der Waals surface area contributed by atoms with Crippen LogP contribution in [0.2, 0.25) is 5.02 Å². The Balaban J connectivity index is 1.79. The molecule has 0 saturated carbocycles. The number of aromatic nitrogens is 3. The van der Waals surface area contributed by atoms with Gasteiger partial charge in [0, 0.05) is 28.5 Å². The van der Waals surface area contributed by atoms with E-state index in [4.69, 9.17) is 11.6 Å². The van der Waals surface area contributed by atoms with Crippen LogP contribution in [-0.4, -0.2) is 32.0 Å². The number of halogens is 1. The zero-order valence-corrected chi connectivity index (χ0v) is 13.8. The quantitative estimate of drug-likeness (QED) is 0.801. The molecule has 0 radical (unpaired) electrons. The minimum absolute atomic E-state index is 0.0240. The molecule has 1 fully saturated rings. The fraction of sp³-hybridized carbons (Fsp3) is 0.412. The molecule has 3 heterocycles. The number of H-pyrrole nitrogens is 1. The van der Waals surface area contributed by atoms with Gasteiger partial charge in [0.1, 0.15) is 11.0 Å². The average molecular weight is 331 g/mol. The number of nitrogens with zero attached hydrogens (tertiary/aromatic N) is 3. The molecular formula is C17H19ClN4O. The second-order valence-corrected chi connectivity index (χ2v) is 6.65. The summed E-state index contributed by atoms with van der Waals surface area (Å²) in [5.41, 5.74) is 2.11. The van der Waals surface area contributed by atoms with Gasteiger partial charge >= 0.3 is 0 Å². The third kappa shape index (κ3) is 2.44. The highest BCUT2D eigenvalue weighted by atomic mass is 35.5. The summed E-state index contributed by atoms with van der Waals surface area (Å²) in [6.45, 7) is 3.86. The van der Waals surface area contributed by atoms with Crippen molar-refractivity contribution in [2.75, 3.05) is 6.54 Å². The number of hydrogen-bond donors (Lipinski definition) is 1. The predicted molar refractivity (Wildman–Crippen MR) is 92.9 cm³/mol. The van der Waals surface area contributed by atoms with E-state index in [2.05, 4.69) is 21.8 Å². The topological polar surface area (TPSA) is 53.9 Å². The zero-order valence-electron chi connectivity index (χ0n) is 13.1. The third-order valence-electron chi connectivity index (χ3n) is 4.84.